The molecule has 0 bridgehead atoms. The number of carbonyl (C=O) groups excluding carboxylic acids is 1. The third-order valence-corrected chi connectivity index (χ3v) is 5.61. The molecule has 1 aliphatic rings. The number of ketones is 1. The molecule has 0 fully saturated rings. The first-order chi connectivity index (χ1) is 15.2. The molecular weight excluding hydrogens is 587 g/mol. The van der Waals surface area contributed by atoms with Crippen LogP contribution < -0.4 is 16.4 Å². The summed E-state index contributed by atoms with van der Waals surface area (Å²) in [5.41, 5.74) is 8.93. The zero-order valence-corrected chi connectivity index (χ0v) is 22.4. The summed E-state index contributed by atoms with van der Waals surface area (Å²) in [6.45, 7) is 12.2. The summed E-state index contributed by atoms with van der Waals surface area (Å²) in [4.78, 5) is 18.9. The minimum Gasteiger partial charge on any atom is -0.512 e. The van der Waals surface area contributed by atoms with Gasteiger partial charge in [-0.3, -0.25) is 4.79 Å². The summed E-state index contributed by atoms with van der Waals surface area (Å²) in [5, 5.41) is 8.36. The Balaban J connectivity index is 0.000000423. The number of hydrogen-bond donors (Lipinski definition) is 1. The maximum Gasteiger partial charge on any atom is 0.182 e. The van der Waals surface area contributed by atoms with Crippen LogP contribution in [0.2, 0.25) is 0 Å². The van der Waals surface area contributed by atoms with Crippen LogP contribution in [0.5, 0.6) is 0 Å². The molecule has 0 amide bonds. The molecule has 4 nitrogen and oxygen atoms in total. The number of carbonyl (C=O) groups is 1. The Morgan fingerprint density at radius 3 is 2.12 bits per heavy atom. The molecule has 1 N–H and O–H groups in total. The van der Waals surface area contributed by atoms with Crippen LogP contribution in [0.25, 0.3) is 11.3 Å². The van der Waals surface area contributed by atoms with Crippen LogP contribution in [0.15, 0.2) is 60.6 Å². The van der Waals surface area contributed by atoms with Crippen molar-refractivity contribution in [3.05, 3.63) is 78.0 Å². The van der Waals surface area contributed by atoms with Gasteiger partial charge < -0.3 is 15.1 Å². The van der Waals surface area contributed by atoms with E-state index in [1.807, 2.05) is 18.5 Å². The van der Waals surface area contributed by atoms with Crippen LogP contribution >= 0.6 is 0 Å². The topological polar surface area (TPSA) is 63.1 Å². The molecule has 0 unspecified atom stereocenters. The smallest absolute Gasteiger partial charge is 0.182 e. The molecule has 0 saturated carbocycles. The Hall–Kier alpha value is -2.56. The molecule has 0 saturated heterocycles. The second kappa shape index (κ2) is 11.5. The van der Waals surface area contributed by atoms with E-state index in [4.69, 9.17) is 5.11 Å². The van der Waals surface area contributed by atoms with E-state index in [1.165, 1.54) is 47.4 Å². The van der Waals surface area contributed by atoms with Crippen molar-refractivity contribution in [2.45, 2.75) is 53.4 Å². The van der Waals surface area contributed by atoms with Gasteiger partial charge >= 0.3 is 0 Å². The van der Waals surface area contributed by atoms with Crippen LogP contribution in [0, 0.1) is 6.20 Å². The van der Waals surface area contributed by atoms with Gasteiger partial charge in [0.2, 0.25) is 0 Å². The number of allylic oxidation sites excluding steroid dienone is 2. The molecule has 4 rings (SSSR count). The van der Waals surface area contributed by atoms with Gasteiger partial charge in [-0.15, -0.1) is 17.1 Å². The summed E-state index contributed by atoms with van der Waals surface area (Å²) in [5.74, 6) is 0.889. The molecule has 0 spiro atoms. The fraction of sp³-hybridized carbons (Fsp3) is 0.296. The first-order valence-electron chi connectivity index (χ1n) is 11.0. The normalized spacial score (nSPS) is 12.0. The van der Waals surface area contributed by atoms with Gasteiger partial charge in [0.1, 0.15) is 0 Å². The fourth-order valence-electron chi connectivity index (χ4n) is 4.37. The quantitative estimate of drug-likeness (QED) is 0.163. The van der Waals surface area contributed by atoms with Gasteiger partial charge in [0.05, 0.1) is 5.76 Å². The third kappa shape index (κ3) is 5.87. The Bertz CT molecular complexity index is 1080. The van der Waals surface area contributed by atoms with E-state index in [0.29, 0.717) is 11.8 Å². The fourth-order valence-corrected chi connectivity index (χ4v) is 4.37. The summed E-state index contributed by atoms with van der Waals surface area (Å²) in [6.07, 6.45) is 8.07. The van der Waals surface area contributed by atoms with Gasteiger partial charge in [0, 0.05) is 32.4 Å². The standard InChI is InChI=1S/C22H22BN2.C5H8O2.Ir/c1-14(2)16-7-5-8-17(15(3)4)21(16)23-19-10-12-24-13-18(19)22-20(23)9-6-11-25-22;1-4(6)3-5(2)7;/h5-12,14-15H,1-4H3;3,6H,1-2H3;/q-1;;/b;4-3-;. The molecule has 2 aromatic heterocycles. The van der Waals surface area contributed by atoms with Crippen molar-refractivity contribution < 1.29 is 30.0 Å². The van der Waals surface area contributed by atoms with Crippen LogP contribution in [0.4, 0.5) is 0 Å². The average molecular weight is 618 g/mol. The number of nitrogens with zero attached hydrogens (tertiary/aromatic N) is 2. The van der Waals surface area contributed by atoms with E-state index in [0.717, 1.165) is 11.3 Å². The second-order valence-corrected chi connectivity index (χ2v) is 8.82. The van der Waals surface area contributed by atoms with Gasteiger partial charge in [-0.25, -0.2) is 0 Å². The van der Waals surface area contributed by atoms with Gasteiger partial charge in [-0.2, -0.15) is 0 Å². The molecule has 33 heavy (non-hydrogen) atoms. The predicted molar refractivity (Wildman–Crippen MR) is 133 cm³/mol. The van der Waals surface area contributed by atoms with Crippen molar-refractivity contribution in [3.63, 3.8) is 0 Å². The Morgan fingerprint density at radius 1 is 0.970 bits per heavy atom. The first kappa shape index (κ1) is 26.7. The predicted octanol–water partition coefficient (Wildman–Crippen LogP) is 4.05. The average Bonchev–Trinajstić information content (AvgIpc) is 3.07. The van der Waals surface area contributed by atoms with E-state index in [9.17, 15) is 4.79 Å². The van der Waals surface area contributed by atoms with Crippen molar-refractivity contribution >= 4 is 28.9 Å². The summed E-state index contributed by atoms with van der Waals surface area (Å²) in [7, 11) is 0. The zero-order valence-electron chi connectivity index (χ0n) is 20.0. The number of aliphatic hydroxyl groups is 1. The minimum atomic E-state index is -0.125. The zero-order chi connectivity index (χ0) is 23.4. The van der Waals surface area contributed by atoms with Crippen molar-refractivity contribution in [1.29, 1.82) is 0 Å². The van der Waals surface area contributed by atoms with E-state index in [2.05, 4.69) is 74.2 Å². The number of fused-ring (bicyclic) bond motifs is 3. The van der Waals surface area contributed by atoms with Gasteiger partial charge in [0.25, 0.3) is 0 Å². The van der Waals surface area contributed by atoms with Crippen LogP contribution in [-0.2, 0) is 24.9 Å². The van der Waals surface area contributed by atoms with Gasteiger partial charge in [0.15, 0.2) is 12.5 Å². The van der Waals surface area contributed by atoms with Gasteiger partial charge in [-0.05, 0) is 43.6 Å². The van der Waals surface area contributed by atoms with Crippen molar-refractivity contribution in [2.75, 3.05) is 0 Å². The Morgan fingerprint density at radius 2 is 1.61 bits per heavy atom. The minimum absolute atomic E-state index is 0. The molecule has 1 aromatic carbocycles. The van der Waals surface area contributed by atoms with Crippen LogP contribution in [0.1, 0.15) is 64.5 Å². The maximum absolute atomic E-state index is 10.0. The molecule has 173 valence electrons. The monoisotopic (exact) mass is 618 g/mol. The molecule has 1 aliphatic heterocycles. The molecular formula is C27H30BIrN2O2-. The molecule has 3 aromatic rings. The van der Waals surface area contributed by atoms with Crippen LogP contribution in [-0.4, -0.2) is 27.6 Å². The second-order valence-electron chi connectivity index (χ2n) is 8.82. The number of aromatic nitrogens is 2. The van der Waals surface area contributed by atoms with Crippen LogP contribution in [0.3, 0.4) is 0 Å². The first-order valence-corrected chi connectivity index (χ1v) is 11.0. The number of benzene rings is 1. The molecule has 0 aliphatic carbocycles. The number of pyridine rings is 2. The van der Waals surface area contributed by atoms with Crippen molar-refractivity contribution in [1.82, 2.24) is 9.97 Å². The molecule has 0 atom stereocenters. The molecule has 3 heterocycles. The summed E-state index contributed by atoms with van der Waals surface area (Å²) >= 11 is 0. The van der Waals surface area contributed by atoms with Crippen molar-refractivity contribution in [3.8, 4) is 11.3 Å². The number of hydrogen-bond acceptors (Lipinski definition) is 4. The van der Waals surface area contributed by atoms with E-state index in [1.54, 1.807) is 0 Å². The SMILES string of the molecule is CC(=O)/C=C(/C)O.CC(C)c1cccc(C(C)C)c1B1c2ccn[c-]c2-c2ncccc21.[Ir]. The molecule has 1 radical (unpaired) electrons. The maximum atomic E-state index is 10.0. The molecule has 6 heteroatoms. The van der Waals surface area contributed by atoms with E-state index >= 15 is 0 Å². The van der Waals surface area contributed by atoms with Crippen molar-refractivity contribution in [2.24, 2.45) is 0 Å². The number of aliphatic hydroxyl groups excluding tert-OH is 1. The Kier molecular flexibility index (Phi) is 9.33. The number of rotatable bonds is 4. The third-order valence-electron chi connectivity index (χ3n) is 5.61. The van der Waals surface area contributed by atoms with Gasteiger partial charge in [-0.1, -0.05) is 80.2 Å². The van der Waals surface area contributed by atoms with E-state index in [-0.39, 0.29) is 38.4 Å². The summed E-state index contributed by atoms with van der Waals surface area (Å²) in [6, 6.07) is 13.2. The van der Waals surface area contributed by atoms with E-state index < -0.39 is 0 Å². The Labute approximate surface area is 211 Å². The largest absolute Gasteiger partial charge is 0.512 e. The summed E-state index contributed by atoms with van der Waals surface area (Å²) < 4.78 is 0.